The maximum absolute atomic E-state index is 4.43. The van der Waals surface area contributed by atoms with Gasteiger partial charge < -0.3 is 5.32 Å². The topological polar surface area (TPSA) is 58.3 Å². The van der Waals surface area contributed by atoms with E-state index in [-0.39, 0.29) is 0 Å². The van der Waals surface area contributed by atoms with Crippen LogP contribution >= 0.6 is 0 Å². The summed E-state index contributed by atoms with van der Waals surface area (Å²) in [6.45, 7) is 3.87. The third-order valence-corrected chi connectivity index (χ3v) is 4.20. The molecular formula is C16H18N6. The molecular weight excluding hydrogens is 276 g/mol. The molecule has 1 atom stereocenters. The van der Waals surface area contributed by atoms with Crippen molar-refractivity contribution in [1.29, 1.82) is 0 Å². The largest absolute Gasteiger partial charge is 0.314 e. The average molecular weight is 294 g/mol. The normalized spacial score (nSPS) is 19.5. The molecule has 0 aliphatic carbocycles. The summed E-state index contributed by atoms with van der Waals surface area (Å²) in [5, 5.41) is 3.49. The highest BCUT2D eigenvalue weighted by molar-refractivity contribution is 5.37. The van der Waals surface area contributed by atoms with E-state index in [0.29, 0.717) is 6.04 Å². The van der Waals surface area contributed by atoms with Gasteiger partial charge in [0.1, 0.15) is 0 Å². The zero-order valence-electron chi connectivity index (χ0n) is 12.3. The van der Waals surface area contributed by atoms with Gasteiger partial charge in [-0.05, 0) is 17.7 Å². The number of imidazole rings is 1. The average Bonchev–Trinajstić information content (AvgIpc) is 2.99. The molecule has 0 aromatic carbocycles. The van der Waals surface area contributed by atoms with E-state index in [2.05, 4.69) is 41.7 Å². The fraction of sp³-hybridized carbons (Fsp3) is 0.312. The summed E-state index contributed by atoms with van der Waals surface area (Å²) >= 11 is 0. The zero-order valence-corrected chi connectivity index (χ0v) is 12.3. The molecule has 3 aromatic heterocycles. The van der Waals surface area contributed by atoms with E-state index in [4.69, 9.17) is 0 Å². The van der Waals surface area contributed by atoms with Gasteiger partial charge in [0.15, 0.2) is 5.65 Å². The van der Waals surface area contributed by atoms with E-state index in [0.717, 1.165) is 31.8 Å². The number of nitrogens with zero attached hydrogens (tertiary/aromatic N) is 5. The van der Waals surface area contributed by atoms with Gasteiger partial charge in [-0.25, -0.2) is 4.98 Å². The molecule has 0 amide bonds. The first-order chi connectivity index (χ1) is 10.9. The Labute approximate surface area is 128 Å². The summed E-state index contributed by atoms with van der Waals surface area (Å²) in [7, 11) is 0. The Bertz CT molecular complexity index is 753. The molecule has 1 saturated heterocycles. The maximum atomic E-state index is 4.43. The second-order valence-corrected chi connectivity index (χ2v) is 5.52. The van der Waals surface area contributed by atoms with Crippen molar-refractivity contribution in [2.24, 2.45) is 0 Å². The molecule has 3 aromatic rings. The summed E-state index contributed by atoms with van der Waals surface area (Å²) in [5.74, 6) is 0. The van der Waals surface area contributed by atoms with Crippen molar-refractivity contribution in [3.8, 4) is 0 Å². The summed E-state index contributed by atoms with van der Waals surface area (Å²) in [5.41, 5.74) is 3.39. The standard InChI is InChI=1S/C16H18N6/c1-3-17-4-2-13(1)15-10-18-5-7-21(15)12-14-9-20-16-11-19-6-8-22(14)16/h1-4,6,8-9,11,15,18H,5,7,10,12H2. The number of piperazine rings is 1. The van der Waals surface area contributed by atoms with Crippen molar-refractivity contribution in [2.75, 3.05) is 19.6 Å². The zero-order chi connectivity index (χ0) is 14.8. The quantitative estimate of drug-likeness (QED) is 0.788. The maximum Gasteiger partial charge on any atom is 0.155 e. The van der Waals surface area contributed by atoms with Gasteiger partial charge in [0, 0.05) is 57.0 Å². The number of hydrogen-bond acceptors (Lipinski definition) is 5. The molecule has 112 valence electrons. The number of fused-ring (bicyclic) bond motifs is 1. The van der Waals surface area contributed by atoms with E-state index in [1.165, 1.54) is 11.3 Å². The van der Waals surface area contributed by atoms with Crippen LogP contribution in [0.3, 0.4) is 0 Å². The first kappa shape index (κ1) is 13.4. The lowest BCUT2D eigenvalue weighted by atomic mass is 10.0. The lowest BCUT2D eigenvalue weighted by molar-refractivity contribution is 0.151. The van der Waals surface area contributed by atoms with Crippen molar-refractivity contribution in [3.63, 3.8) is 0 Å². The molecule has 6 nitrogen and oxygen atoms in total. The highest BCUT2D eigenvalue weighted by Gasteiger charge is 2.24. The van der Waals surface area contributed by atoms with Crippen LogP contribution in [0.15, 0.2) is 49.3 Å². The second-order valence-electron chi connectivity index (χ2n) is 5.52. The molecule has 1 fully saturated rings. The van der Waals surface area contributed by atoms with E-state index in [1.54, 1.807) is 12.4 Å². The molecule has 1 aliphatic heterocycles. The van der Waals surface area contributed by atoms with Gasteiger partial charge in [-0.2, -0.15) is 0 Å². The molecule has 6 heteroatoms. The predicted octanol–water partition coefficient (Wildman–Crippen LogP) is 1.27. The van der Waals surface area contributed by atoms with Crippen LogP contribution in [0.1, 0.15) is 17.3 Å². The van der Waals surface area contributed by atoms with Gasteiger partial charge in [-0.1, -0.05) is 0 Å². The minimum Gasteiger partial charge on any atom is -0.314 e. The molecule has 4 heterocycles. The SMILES string of the molecule is c1cc(C2CNCCN2Cc2cnc3cnccn23)ccn1. The number of rotatable bonds is 3. The van der Waals surface area contributed by atoms with E-state index < -0.39 is 0 Å². The summed E-state index contributed by atoms with van der Waals surface area (Å²) in [6.07, 6.45) is 11.2. The molecule has 1 aliphatic rings. The van der Waals surface area contributed by atoms with Crippen molar-refractivity contribution in [3.05, 3.63) is 60.6 Å². The molecule has 0 saturated carbocycles. The highest BCUT2D eigenvalue weighted by atomic mass is 15.2. The molecule has 0 spiro atoms. The van der Waals surface area contributed by atoms with Gasteiger partial charge in [0.25, 0.3) is 0 Å². The number of pyridine rings is 1. The first-order valence-electron chi connectivity index (χ1n) is 7.52. The van der Waals surface area contributed by atoms with Crippen LogP contribution in [0, 0.1) is 0 Å². The lowest BCUT2D eigenvalue weighted by Gasteiger charge is -2.36. The lowest BCUT2D eigenvalue weighted by Crippen LogP contribution is -2.45. The Hall–Kier alpha value is -2.31. The van der Waals surface area contributed by atoms with E-state index in [1.807, 2.05) is 24.8 Å². The third kappa shape index (κ3) is 2.47. The molecule has 1 unspecified atom stereocenters. The fourth-order valence-corrected chi connectivity index (χ4v) is 3.07. The molecule has 0 bridgehead atoms. The van der Waals surface area contributed by atoms with Gasteiger partial charge >= 0.3 is 0 Å². The Kier molecular flexibility index (Phi) is 3.54. The van der Waals surface area contributed by atoms with E-state index >= 15 is 0 Å². The monoisotopic (exact) mass is 294 g/mol. The fourth-order valence-electron chi connectivity index (χ4n) is 3.07. The predicted molar refractivity (Wildman–Crippen MR) is 83.2 cm³/mol. The van der Waals surface area contributed by atoms with Gasteiger partial charge in [0.2, 0.25) is 0 Å². The van der Waals surface area contributed by atoms with Gasteiger partial charge in [-0.3, -0.25) is 19.3 Å². The molecule has 22 heavy (non-hydrogen) atoms. The summed E-state index contributed by atoms with van der Waals surface area (Å²) in [4.78, 5) is 15.2. The van der Waals surface area contributed by atoms with E-state index in [9.17, 15) is 0 Å². The highest BCUT2D eigenvalue weighted by Crippen LogP contribution is 2.23. The van der Waals surface area contributed by atoms with Crippen molar-refractivity contribution in [1.82, 2.24) is 29.6 Å². The van der Waals surface area contributed by atoms with Crippen LogP contribution in [-0.2, 0) is 6.54 Å². The minimum absolute atomic E-state index is 0.365. The van der Waals surface area contributed by atoms with Crippen molar-refractivity contribution < 1.29 is 0 Å². The summed E-state index contributed by atoms with van der Waals surface area (Å²) < 4.78 is 2.11. The molecule has 1 N–H and O–H groups in total. The second kappa shape index (κ2) is 5.82. The molecule has 4 rings (SSSR count). The van der Waals surface area contributed by atoms with Gasteiger partial charge in [0.05, 0.1) is 18.1 Å². The Morgan fingerprint density at radius 2 is 2.05 bits per heavy atom. The molecule has 0 radical (unpaired) electrons. The van der Waals surface area contributed by atoms with Crippen LogP contribution in [0.4, 0.5) is 0 Å². The number of hydrogen-bond donors (Lipinski definition) is 1. The Morgan fingerprint density at radius 1 is 1.14 bits per heavy atom. The summed E-state index contributed by atoms with van der Waals surface area (Å²) in [6, 6.07) is 4.57. The van der Waals surface area contributed by atoms with Crippen molar-refractivity contribution >= 4 is 5.65 Å². The van der Waals surface area contributed by atoms with Gasteiger partial charge in [-0.15, -0.1) is 0 Å². The van der Waals surface area contributed by atoms with Crippen LogP contribution in [-0.4, -0.2) is 43.9 Å². The third-order valence-electron chi connectivity index (χ3n) is 4.20. The number of nitrogens with one attached hydrogen (secondary N) is 1. The van der Waals surface area contributed by atoms with Crippen molar-refractivity contribution in [2.45, 2.75) is 12.6 Å². The number of aromatic nitrogens is 4. The Balaban J connectivity index is 1.62. The van der Waals surface area contributed by atoms with Crippen LogP contribution < -0.4 is 5.32 Å². The Morgan fingerprint density at radius 3 is 2.95 bits per heavy atom. The van der Waals surface area contributed by atoms with Crippen LogP contribution in [0.25, 0.3) is 5.65 Å². The minimum atomic E-state index is 0.365. The van der Waals surface area contributed by atoms with Crippen LogP contribution in [0.5, 0.6) is 0 Å². The first-order valence-corrected chi connectivity index (χ1v) is 7.52. The van der Waals surface area contributed by atoms with Crippen LogP contribution in [0.2, 0.25) is 0 Å². The smallest absolute Gasteiger partial charge is 0.155 e.